The highest BCUT2D eigenvalue weighted by molar-refractivity contribution is 9.10. The van der Waals surface area contributed by atoms with Gasteiger partial charge in [0.15, 0.2) is 0 Å². The van der Waals surface area contributed by atoms with Gasteiger partial charge in [-0.05, 0) is 57.4 Å². The minimum Gasteiger partial charge on any atom is -0.444 e. The quantitative estimate of drug-likeness (QED) is 0.709. The maximum absolute atomic E-state index is 12.2. The number of carbonyl (C=O) groups is 2. The molecule has 1 aliphatic rings. The number of primary amides is 1. The number of fused-ring (bicyclic) bond motifs is 3. The molecule has 0 spiro atoms. The lowest BCUT2D eigenvalue weighted by molar-refractivity contribution is -0.122. The molecular formula is C18H22BrN3O3. The molecule has 1 aliphatic carbocycles. The number of hydrogen-bond donors (Lipinski definition) is 3. The van der Waals surface area contributed by atoms with Crippen molar-refractivity contribution in [2.24, 2.45) is 11.7 Å². The first-order chi connectivity index (χ1) is 11.6. The fourth-order valence-electron chi connectivity index (χ4n) is 3.29. The smallest absolute Gasteiger partial charge is 0.408 e. The van der Waals surface area contributed by atoms with Crippen LogP contribution in [0.1, 0.15) is 44.5 Å². The van der Waals surface area contributed by atoms with E-state index < -0.39 is 11.7 Å². The number of ether oxygens (including phenoxy) is 1. The molecule has 2 unspecified atom stereocenters. The second-order valence-corrected chi connectivity index (χ2v) is 8.36. The standard InChI is InChI=1S/C18H22BrN3O3/c1-18(2,3)25-17(24)22-14-7-9(16(20)23)6-12-11-8-10(19)4-5-13(11)21-15(12)14/h4-5,8-9,14,21H,6-7H2,1-3H3,(H2,20,23)(H,22,24). The molecule has 25 heavy (non-hydrogen) atoms. The molecule has 0 bridgehead atoms. The summed E-state index contributed by atoms with van der Waals surface area (Å²) in [5, 5.41) is 3.91. The van der Waals surface area contributed by atoms with Gasteiger partial charge in [0.05, 0.1) is 6.04 Å². The van der Waals surface area contributed by atoms with Gasteiger partial charge in [-0.3, -0.25) is 4.79 Å². The topological polar surface area (TPSA) is 97.2 Å². The van der Waals surface area contributed by atoms with E-state index in [1.165, 1.54) is 0 Å². The maximum atomic E-state index is 12.2. The van der Waals surface area contributed by atoms with Gasteiger partial charge in [-0.1, -0.05) is 15.9 Å². The van der Waals surface area contributed by atoms with Crippen LogP contribution in [0.3, 0.4) is 0 Å². The molecule has 0 saturated heterocycles. The van der Waals surface area contributed by atoms with Crippen LogP contribution in [-0.2, 0) is 16.0 Å². The number of amides is 2. The highest BCUT2D eigenvalue weighted by atomic mass is 79.9. The zero-order valence-electron chi connectivity index (χ0n) is 14.5. The second-order valence-electron chi connectivity index (χ2n) is 7.45. The average Bonchev–Trinajstić information content (AvgIpc) is 2.83. The van der Waals surface area contributed by atoms with Crippen LogP contribution in [0.4, 0.5) is 4.79 Å². The first-order valence-electron chi connectivity index (χ1n) is 8.23. The molecule has 7 heteroatoms. The molecule has 3 rings (SSSR count). The zero-order valence-corrected chi connectivity index (χ0v) is 16.1. The number of alkyl carbamates (subject to hydrolysis) is 1. The van der Waals surface area contributed by atoms with Crippen molar-refractivity contribution in [3.8, 4) is 0 Å². The Morgan fingerprint density at radius 2 is 2.08 bits per heavy atom. The summed E-state index contributed by atoms with van der Waals surface area (Å²) < 4.78 is 6.31. The van der Waals surface area contributed by atoms with Crippen LogP contribution in [0.5, 0.6) is 0 Å². The number of aromatic nitrogens is 1. The Kier molecular flexibility index (Phi) is 4.53. The zero-order chi connectivity index (χ0) is 18.4. The number of carbonyl (C=O) groups excluding carboxylic acids is 2. The molecule has 1 aromatic heterocycles. The maximum Gasteiger partial charge on any atom is 0.408 e. The summed E-state index contributed by atoms with van der Waals surface area (Å²) in [5.74, 6) is -0.684. The number of benzene rings is 1. The molecule has 6 nitrogen and oxygen atoms in total. The number of nitrogens with two attached hydrogens (primary N) is 1. The van der Waals surface area contributed by atoms with Crippen molar-refractivity contribution in [2.45, 2.75) is 45.3 Å². The van der Waals surface area contributed by atoms with Gasteiger partial charge >= 0.3 is 6.09 Å². The van der Waals surface area contributed by atoms with Crippen molar-refractivity contribution in [1.82, 2.24) is 10.3 Å². The van der Waals surface area contributed by atoms with E-state index in [1.54, 1.807) is 0 Å². The number of H-pyrrole nitrogens is 1. The Balaban J connectivity index is 1.98. The van der Waals surface area contributed by atoms with Crippen molar-refractivity contribution in [2.75, 3.05) is 0 Å². The largest absolute Gasteiger partial charge is 0.444 e. The van der Waals surface area contributed by atoms with Gasteiger partial charge in [-0.15, -0.1) is 0 Å². The van der Waals surface area contributed by atoms with E-state index in [9.17, 15) is 9.59 Å². The molecule has 0 fully saturated rings. The molecule has 2 atom stereocenters. The molecule has 1 aromatic carbocycles. The molecule has 1 heterocycles. The van der Waals surface area contributed by atoms with Gasteiger partial charge in [0.25, 0.3) is 0 Å². The third-order valence-electron chi connectivity index (χ3n) is 4.31. The summed E-state index contributed by atoms with van der Waals surface area (Å²) in [5.41, 5.74) is 7.87. The van der Waals surface area contributed by atoms with Crippen molar-refractivity contribution < 1.29 is 14.3 Å². The SMILES string of the molecule is CC(C)(C)OC(=O)NC1CC(C(N)=O)Cc2c1[nH]c1ccc(Br)cc21. The summed E-state index contributed by atoms with van der Waals surface area (Å²) >= 11 is 3.48. The van der Waals surface area contributed by atoms with E-state index in [0.29, 0.717) is 12.8 Å². The lowest BCUT2D eigenvalue weighted by Gasteiger charge is -2.29. The van der Waals surface area contributed by atoms with Crippen molar-refractivity contribution >= 4 is 38.8 Å². The van der Waals surface area contributed by atoms with E-state index in [1.807, 2.05) is 39.0 Å². The summed E-state index contributed by atoms with van der Waals surface area (Å²) in [6.45, 7) is 5.43. The summed E-state index contributed by atoms with van der Waals surface area (Å²) in [7, 11) is 0. The van der Waals surface area contributed by atoms with Gasteiger partial charge in [0, 0.05) is 27.0 Å². The van der Waals surface area contributed by atoms with Crippen LogP contribution in [-0.4, -0.2) is 22.6 Å². The van der Waals surface area contributed by atoms with Crippen LogP contribution >= 0.6 is 15.9 Å². The Hall–Kier alpha value is -2.02. The summed E-state index contributed by atoms with van der Waals surface area (Å²) in [6, 6.07) is 5.59. The van der Waals surface area contributed by atoms with Crippen LogP contribution in [0.25, 0.3) is 10.9 Å². The summed E-state index contributed by atoms with van der Waals surface area (Å²) in [4.78, 5) is 27.4. The number of nitrogens with one attached hydrogen (secondary N) is 2. The normalized spacial score (nSPS) is 20.2. The molecule has 0 radical (unpaired) electrons. The highest BCUT2D eigenvalue weighted by Gasteiger charge is 2.34. The minimum absolute atomic E-state index is 0.328. The highest BCUT2D eigenvalue weighted by Crippen LogP contribution is 2.38. The molecule has 2 amide bonds. The van der Waals surface area contributed by atoms with Gasteiger partial charge < -0.3 is 20.8 Å². The van der Waals surface area contributed by atoms with Crippen LogP contribution in [0.15, 0.2) is 22.7 Å². The fraction of sp³-hybridized carbons (Fsp3) is 0.444. The van der Waals surface area contributed by atoms with Gasteiger partial charge in [0.1, 0.15) is 5.60 Å². The van der Waals surface area contributed by atoms with Crippen molar-refractivity contribution in [1.29, 1.82) is 0 Å². The average molecular weight is 408 g/mol. The fourth-order valence-corrected chi connectivity index (χ4v) is 3.65. The van der Waals surface area contributed by atoms with E-state index in [0.717, 1.165) is 26.6 Å². The third-order valence-corrected chi connectivity index (χ3v) is 4.81. The van der Waals surface area contributed by atoms with Gasteiger partial charge in [0.2, 0.25) is 5.91 Å². The second kappa shape index (κ2) is 6.37. The Bertz CT molecular complexity index is 838. The number of rotatable bonds is 2. The monoisotopic (exact) mass is 407 g/mol. The van der Waals surface area contributed by atoms with Crippen LogP contribution in [0.2, 0.25) is 0 Å². The molecule has 134 valence electrons. The molecule has 0 aliphatic heterocycles. The third kappa shape index (κ3) is 3.81. The predicted molar refractivity (Wildman–Crippen MR) is 99.1 cm³/mol. The molecule has 2 aromatic rings. The molecular weight excluding hydrogens is 386 g/mol. The predicted octanol–water partition coefficient (Wildman–Crippen LogP) is 3.54. The first kappa shape index (κ1) is 17.8. The number of hydrogen-bond acceptors (Lipinski definition) is 3. The summed E-state index contributed by atoms with van der Waals surface area (Å²) in [6.07, 6.45) is 0.511. The van der Waals surface area contributed by atoms with Crippen molar-refractivity contribution in [3.63, 3.8) is 0 Å². The van der Waals surface area contributed by atoms with E-state index >= 15 is 0 Å². The number of aromatic amines is 1. The van der Waals surface area contributed by atoms with Gasteiger partial charge in [-0.25, -0.2) is 4.79 Å². The van der Waals surface area contributed by atoms with Crippen LogP contribution < -0.4 is 11.1 Å². The lowest BCUT2D eigenvalue weighted by Crippen LogP contribution is -2.40. The van der Waals surface area contributed by atoms with E-state index in [-0.39, 0.29) is 17.9 Å². The Morgan fingerprint density at radius 1 is 1.36 bits per heavy atom. The minimum atomic E-state index is -0.587. The molecule has 4 N–H and O–H groups in total. The van der Waals surface area contributed by atoms with Crippen LogP contribution in [0, 0.1) is 5.92 Å². The van der Waals surface area contributed by atoms with Crippen molar-refractivity contribution in [3.05, 3.63) is 33.9 Å². The van der Waals surface area contributed by atoms with E-state index in [2.05, 4.69) is 26.2 Å². The Morgan fingerprint density at radius 3 is 2.72 bits per heavy atom. The first-order valence-corrected chi connectivity index (χ1v) is 9.02. The van der Waals surface area contributed by atoms with Gasteiger partial charge in [-0.2, -0.15) is 0 Å². The van der Waals surface area contributed by atoms with E-state index in [4.69, 9.17) is 10.5 Å². The number of halogens is 1. The lowest BCUT2D eigenvalue weighted by atomic mass is 9.83. The Labute approximate surface area is 154 Å². The molecule has 0 saturated carbocycles.